The lowest BCUT2D eigenvalue weighted by molar-refractivity contribution is 0.184. The van der Waals surface area contributed by atoms with Crippen molar-refractivity contribution in [3.8, 4) is 5.75 Å². The van der Waals surface area contributed by atoms with Crippen LogP contribution in [0.2, 0.25) is 0 Å². The van der Waals surface area contributed by atoms with Gasteiger partial charge in [0.25, 0.3) is 5.56 Å². The molecule has 1 aliphatic carbocycles. The highest BCUT2D eigenvalue weighted by Crippen LogP contribution is 2.43. The molecule has 1 aromatic rings. The van der Waals surface area contributed by atoms with Crippen LogP contribution in [-0.4, -0.2) is 21.4 Å². The van der Waals surface area contributed by atoms with E-state index in [1.807, 2.05) is 0 Å². The Kier molecular flexibility index (Phi) is 5.35. The number of hydrogen-bond donors (Lipinski definition) is 2. The number of aliphatic hydroxyl groups is 1. The van der Waals surface area contributed by atoms with E-state index in [0.717, 1.165) is 30.5 Å². The maximum absolute atomic E-state index is 12.2. The van der Waals surface area contributed by atoms with E-state index in [2.05, 4.69) is 33.8 Å². The van der Waals surface area contributed by atoms with Gasteiger partial charge in [0, 0.05) is 30.5 Å². The van der Waals surface area contributed by atoms with Gasteiger partial charge < -0.3 is 14.8 Å². The molecule has 4 nitrogen and oxygen atoms in total. The zero-order valence-corrected chi connectivity index (χ0v) is 14.7. The van der Waals surface area contributed by atoms with Gasteiger partial charge in [0.05, 0.1) is 0 Å². The maximum Gasteiger partial charge on any atom is 0.254 e. The summed E-state index contributed by atoms with van der Waals surface area (Å²) in [6.07, 6.45) is 5.37. The Labute approximate surface area is 138 Å². The molecule has 128 valence electrons. The first-order chi connectivity index (χ1) is 10.8. The number of fused-ring (bicyclic) bond motifs is 1. The van der Waals surface area contributed by atoms with Gasteiger partial charge in [0.2, 0.25) is 0 Å². The van der Waals surface area contributed by atoms with Crippen LogP contribution in [0.25, 0.3) is 0 Å². The molecular formula is C19H29NO3. The minimum atomic E-state index is -0.173. The van der Waals surface area contributed by atoms with Crippen molar-refractivity contribution in [3.63, 3.8) is 0 Å². The van der Waals surface area contributed by atoms with Crippen molar-refractivity contribution in [2.75, 3.05) is 6.61 Å². The Morgan fingerprint density at radius 1 is 1.43 bits per heavy atom. The molecular weight excluding hydrogens is 290 g/mol. The molecule has 2 N–H and O–H groups in total. The van der Waals surface area contributed by atoms with Crippen LogP contribution in [0.3, 0.4) is 0 Å². The topological polar surface area (TPSA) is 62.5 Å². The summed E-state index contributed by atoms with van der Waals surface area (Å²) in [5.41, 5.74) is 3.06. The summed E-state index contributed by atoms with van der Waals surface area (Å²) in [7, 11) is 0. The number of hydrogen-bond acceptors (Lipinski definition) is 3. The van der Waals surface area contributed by atoms with Crippen molar-refractivity contribution in [3.05, 3.63) is 39.3 Å². The van der Waals surface area contributed by atoms with Crippen molar-refractivity contribution < 1.29 is 10.2 Å². The fraction of sp³-hybridized carbons (Fsp3) is 0.632. The van der Waals surface area contributed by atoms with Gasteiger partial charge >= 0.3 is 0 Å². The van der Waals surface area contributed by atoms with Crippen molar-refractivity contribution in [2.45, 2.75) is 59.9 Å². The third-order valence-corrected chi connectivity index (χ3v) is 5.04. The molecule has 1 heterocycles. The van der Waals surface area contributed by atoms with Gasteiger partial charge in [0.1, 0.15) is 5.75 Å². The van der Waals surface area contributed by atoms with Crippen LogP contribution < -0.4 is 5.56 Å². The standard InChI is InChI=1S/C19H29NO3/c1-13(2)6-7-14-10-15-16(12-19(14,3)4)20(8-5-9-21)18(23)11-17(15)22/h6,11,14,21-22H,5,7-10,12H2,1-4H3. The highest BCUT2D eigenvalue weighted by Gasteiger charge is 2.37. The monoisotopic (exact) mass is 319 g/mol. The van der Waals surface area contributed by atoms with E-state index >= 15 is 0 Å². The third-order valence-electron chi connectivity index (χ3n) is 5.04. The van der Waals surface area contributed by atoms with Crippen LogP contribution in [-0.2, 0) is 19.4 Å². The van der Waals surface area contributed by atoms with Crippen LogP contribution in [0.4, 0.5) is 0 Å². The zero-order chi connectivity index (χ0) is 17.2. The molecule has 0 spiro atoms. The summed E-state index contributed by atoms with van der Waals surface area (Å²) in [6, 6.07) is 1.33. The number of rotatable bonds is 5. The van der Waals surface area contributed by atoms with E-state index in [-0.39, 0.29) is 23.3 Å². The second-order valence-electron chi connectivity index (χ2n) is 7.61. The van der Waals surface area contributed by atoms with E-state index in [1.165, 1.54) is 11.6 Å². The van der Waals surface area contributed by atoms with E-state index < -0.39 is 0 Å². The lowest BCUT2D eigenvalue weighted by atomic mass is 9.66. The second-order valence-corrected chi connectivity index (χ2v) is 7.61. The summed E-state index contributed by atoms with van der Waals surface area (Å²) in [6.45, 7) is 9.26. The minimum Gasteiger partial charge on any atom is -0.507 e. The predicted octanol–water partition coefficient (Wildman–Crippen LogP) is 3.03. The van der Waals surface area contributed by atoms with Crippen LogP contribution in [0.1, 0.15) is 51.8 Å². The molecule has 1 aliphatic rings. The van der Waals surface area contributed by atoms with Crippen LogP contribution in [0.15, 0.2) is 22.5 Å². The summed E-state index contributed by atoms with van der Waals surface area (Å²) in [5.74, 6) is 0.572. The summed E-state index contributed by atoms with van der Waals surface area (Å²) in [5, 5.41) is 19.3. The number of aliphatic hydroxyl groups excluding tert-OH is 1. The van der Waals surface area contributed by atoms with Crippen molar-refractivity contribution in [1.29, 1.82) is 0 Å². The Hall–Kier alpha value is -1.55. The molecule has 1 unspecified atom stereocenters. The first-order valence-electron chi connectivity index (χ1n) is 8.45. The average molecular weight is 319 g/mol. The quantitative estimate of drug-likeness (QED) is 0.820. The van der Waals surface area contributed by atoms with E-state index in [4.69, 9.17) is 5.11 Å². The molecule has 0 aliphatic heterocycles. The Morgan fingerprint density at radius 2 is 2.13 bits per heavy atom. The number of aromatic nitrogens is 1. The lowest BCUT2D eigenvalue weighted by Gasteiger charge is -2.40. The fourth-order valence-corrected chi connectivity index (χ4v) is 3.50. The van der Waals surface area contributed by atoms with E-state index in [9.17, 15) is 9.90 Å². The fourth-order valence-electron chi connectivity index (χ4n) is 3.50. The van der Waals surface area contributed by atoms with E-state index in [0.29, 0.717) is 18.9 Å². The molecule has 23 heavy (non-hydrogen) atoms. The molecule has 0 amide bonds. The summed E-state index contributed by atoms with van der Waals surface area (Å²) >= 11 is 0. The molecule has 4 heteroatoms. The van der Waals surface area contributed by atoms with Gasteiger partial charge in [-0.15, -0.1) is 0 Å². The number of nitrogens with zero attached hydrogens (tertiary/aromatic N) is 1. The molecule has 1 atom stereocenters. The Bertz CT molecular complexity index is 651. The van der Waals surface area contributed by atoms with Gasteiger partial charge in [-0.2, -0.15) is 0 Å². The van der Waals surface area contributed by atoms with Gasteiger partial charge in [-0.3, -0.25) is 4.79 Å². The van der Waals surface area contributed by atoms with E-state index in [1.54, 1.807) is 4.57 Å². The highest BCUT2D eigenvalue weighted by molar-refractivity contribution is 5.39. The Morgan fingerprint density at radius 3 is 2.74 bits per heavy atom. The maximum atomic E-state index is 12.2. The first-order valence-corrected chi connectivity index (χ1v) is 8.45. The van der Waals surface area contributed by atoms with Crippen molar-refractivity contribution >= 4 is 0 Å². The molecule has 2 rings (SSSR count). The largest absolute Gasteiger partial charge is 0.507 e. The minimum absolute atomic E-state index is 0.0642. The molecule has 1 aromatic heterocycles. The van der Waals surface area contributed by atoms with Crippen LogP contribution in [0, 0.1) is 11.3 Å². The van der Waals surface area contributed by atoms with Crippen LogP contribution in [0.5, 0.6) is 5.75 Å². The SMILES string of the molecule is CC(C)=CCC1Cc2c(O)cc(=O)n(CCCO)c2CC1(C)C. The van der Waals surface area contributed by atoms with Gasteiger partial charge in [-0.25, -0.2) is 0 Å². The average Bonchev–Trinajstić information content (AvgIpc) is 2.44. The van der Waals surface area contributed by atoms with Crippen LogP contribution >= 0.6 is 0 Å². The van der Waals surface area contributed by atoms with Crippen molar-refractivity contribution in [2.24, 2.45) is 11.3 Å². The highest BCUT2D eigenvalue weighted by atomic mass is 16.3. The normalized spacial score (nSPS) is 19.3. The zero-order valence-electron chi connectivity index (χ0n) is 14.7. The van der Waals surface area contributed by atoms with Gasteiger partial charge in [0.15, 0.2) is 0 Å². The number of pyridine rings is 1. The number of allylic oxidation sites excluding steroid dienone is 2. The van der Waals surface area contributed by atoms with Gasteiger partial charge in [-0.05, 0) is 50.9 Å². The summed E-state index contributed by atoms with van der Waals surface area (Å²) < 4.78 is 1.74. The number of aromatic hydroxyl groups is 1. The smallest absolute Gasteiger partial charge is 0.254 e. The molecule has 0 saturated heterocycles. The second kappa shape index (κ2) is 6.91. The van der Waals surface area contributed by atoms with Crippen molar-refractivity contribution in [1.82, 2.24) is 4.57 Å². The molecule has 0 bridgehead atoms. The molecule has 0 radical (unpaired) electrons. The third kappa shape index (κ3) is 3.86. The molecule has 0 fully saturated rings. The predicted molar refractivity (Wildman–Crippen MR) is 92.8 cm³/mol. The lowest BCUT2D eigenvalue weighted by Crippen LogP contribution is -2.37. The Balaban J connectivity index is 2.44. The summed E-state index contributed by atoms with van der Waals surface area (Å²) in [4.78, 5) is 12.2. The first kappa shape index (κ1) is 17.8. The molecule has 0 saturated carbocycles. The van der Waals surface area contributed by atoms with Gasteiger partial charge in [-0.1, -0.05) is 25.5 Å². The molecule has 0 aromatic carbocycles.